The number of nitrogens with two attached hydrogens (primary N) is 1. The molecule has 0 aliphatic rings. The number of aromatic nitrogens is 4. The maximum absolute atomic E-state index is 13.3. The standard InChI is InChI=1S/C14H11F2N5/c1-8-2-3-9(6-13(8)17)14-18-19-20-21(14)10-4-5-11(15)12(16)7-10/h2-7H,17H2,1H3. The van der Waals surface area contributed by atoms with Gasteiger partial charge in [-0.3, -0.25) is 0 Å². The van der Waals surface area contributed by atoms with Crippen LogP contribution in [0.4, 0.5) is 14.5 Å². The van der Waals surface area contributed by atoms with Gasteiger partial charge in [-0.2, -0.15) is 4.68 Å². The van der Waals surface area contributed by atoms with E-state index < -0.39 is 11.6 Å². The van der Waals surface area contributed by atoms with Gasteiger partial charge < -0.3 is 5.73 Å². The second kappa shape index (κ2) is 4.93. The maximum atomic E-state index is 13.3. The third kappa shape index (κ3) is 2.33. The first-order chi connectivity index (χ1) is 10.1. The van der Waals surface area contributed by atoms with E-state index in [1.54, 1.807) is 6.07 Å². The Kier molecular flexibility index (Phi) is 3.09. The van der Waals surface area contributed by atoms with Crippen LogP contribution in [0.3, 0.4) is 0 Å². The Morgan fingerprint density at radius 3 is 2.57 bits per heavy atom. The molecule has 0 bridgehead atoms. The number of nitrogens with zero attached hydrogens (tertiary/aromatic N) is 4. The van der Waals surface area contributed by atoms with Gasteiger partial charge in [-0.1, -0.05) is 12.1 Å². The minimum absolute atomic E-state index is 0.327. The van der Waals surface area contributed by atoms with Crippen LogP contribution in [0.1, 0.15) is 5.56 Å². The zero-order valence-corrected chi connectivity index (χ0v) is 11.1. The lowest BCUT2D eigenvalue weighted by atomic mass is 10.1. The molecule has 5 nitrogen and oxygen atoms in total. The third-order valence-electron chi connectivity index (χ3n) is 3.15. The van der Waals surface area contributed by atoms with Crippen molar-refractivity contribution in [2.45, 2.75) is 6.92 Å². The summed E-state index contributed by atoms with van der Waals surface area (Å²) in [4.78, 5) is 0. The van der Waals surface area contributed by atoms with Crippen LogP contribution in [-0.4, -0.2) is 20.2 Å². The lowest BCUT2D eigenvalue weighted by molar-refractivity contribution is 0.507. The molecular formula is C14H11F2N5. The van der Waals surface area contributed by atoms with Crippen LogP contribution in [0.5, 0.6) is 0 Å². The summed E-state index contributed by atoms with van der Waals surface area (Å²) in [7, 11) is 0. The first kappa shape index (κ1) is 13.2. The highest BCUT2D eigenvalue weighted by Gasteiger charge is 2.13. The molecule has 0 spiro atoms. The highest BCUT2D eigenvalue weighted by molar-refractivity contribution is 5.64. The van der Waals surface area contributed by atoms with E-state index in [1.165, 1.54) is 10.7 Å². The zero-order chi connectivity index (χ0) is 15.0. The summed E-state index contributed by atoms with van der Waals surface area (Å²) >= 11 is 0. The summed E-state index contributed by atoms with van der Waals surface area (Å²) in [5.74, 6) is -1.49. The van der Waals surface area contributed by atoms with Crippen molar-refractivity contribution in [1.29, 1.82) is 0 Å². The molecule has 1 aromatic heterocycles. The van der Waals surface area contributed by atoms with Crippen molar-refractivity contribution in [3.63, 3.8) is 0 Å². The summed E-state index contributed by atoms with van der Waals surface area (Å²) in [6, 6.07) is 8.85. The van der Waals surface area contributed by atoms with Crippen LogP contribution in [0.25, 0.3) is 17.1 Å². The van der Waals surface area contributed by atoms with Gasteiger partial charge in [-0.15, -0.1) is 5.10 Å². The smallest absolute Gasteiger partial charge is 0.187 e. The van der Waals surface area contributed by atoms with Crippen molar-refractivity contribution in [3.8, 4) is 17.1 Å². The van der Waals surface area contributed by atoms with Crippen LogP contribution in [0.15, 0.2) is 36.4 Å². The molecule has 1 heterocycles. The lowest BCUT2D eigenvalue weighted by Gasteiger charge is -2.07. The van der Waals surface area contributed by atoms with Crippen LogP contribution < -0.4 is 5.73 Å². The molecule has 0 aliphatic heterocycles. The second-order valence-corrected chi connectivity index (χ2v) is 4.58. The fraction of sp³-hybridized carbons (Fsp3) is 0.0714. The third-order valence-corrected chi connectivity index (χ3v) is 3.15. The van der Waals surface area contributed by atoms with Gasteiger partial charge in [0.25, 0.3) is 0 Å². The summed E-state index contributed by atoms with van der Waals surface area (Å²) in [6.45, 7) is 1.89. The molecule has 7 heteroatoms. The van der Waals surface area contributed by atoms with Crippen LogP contribution in [0.2, 0.25) is 0 Å². The number of benzene rings is 2. The Morgan fingerprint density at radius 1 is 1.05 bits per heavy atom. The number of hydrogen-bond donors (Lipinski definition) is 1. The molecule has 0 radical (unpaired) electrons. The number of tetrazole rings is 1. The van der Waals surface area contributed by atoms with Crippen molar-refractivity contribution in [3.05, 3.63) is 53.6 Å². The van der Waals surface area contributed by atoms with E-state index in [9.17, 15) is 8.78 Å². The Balaban J connectivity index is 2.12. The van der Waals surface area contributed by atoms with E-state index >= 15 is 0 Å². The van der Waals surface area contributed by atoms with E-state index in [-0.39, 0.29) is 0 Å². The normalized spacial score (nSPS) is 10.8. The van der Waals surface area contributed by atoms with Crippen molar-refractivity contribution < 1.29 is 8.78 Å². The molecule has 0 amide bonds. The minimum Gasteiger partial charge on any atom is -0.398 e. The molecule has 0 unspecified atom stereocenters. The lowest BCUT2D eigenvalue weighted by Crippen LogP contribution is -2.02. The monoisotopic (exact) mass is 287 g/mol. The number of halogens is 2. The van der Waals surface area contributed by atoms with E-state index in [0.29, 0.717) is 22.8 Å². The van der Waals surface area contributed by atoms with Gasteiger partial charge in [0.1, 0.15) is 0 Å². The zero-order valence-electron chi connectivity index (χ0n) is 11.1. The van der Waals surface area contributed by atoms with Gasteiger partial charge in [0.2, 0.25) is 0 Å². The highest BCUT2D eigenvalue weighted by Crippen LogP contribution is 2.24. The van der Waals surface area contributed by atoms with Gasteiger partial charge in [-0.05, 0) is 41.1 Å². The topological polar surface area (TPSA) is 69.6 Å². The molecule has 3 rings (SSSR count). The van der Waals surface area contributed by atoms with E-state index in [0.717, 1.165) is 17.7 Å². The van der Waals surface area contributed by atoms with E-state index in [2.05, 4.69) is 15.5 Å². The maximum Gasteiger partial charge on any atom is 0.187 e. The molecule has 106 valence electrons. The van der Waals surface area contributed by atoms with Crippen LogP contribution >= 0.6 is 0 Å². The molecular weight excluding hydrogens is 276 g/mol. The first-order valence-electron chi connectivity index (χ1n) is 6.16. The Hall–Kier alpha value is -2.83. The molecule has 0 atom stereocenters. The number of aryl methyl sites for hydroxylation is 1. The SMILES string of the molecule is Cc1ccc(-c2nnnn2-c2ccc(F)c(F)c2)cc1N. The van der Waals surface area contributed by atoms with Gasteiger partial charge in [0.05, 0.1) is 5.69 Å². The van der Waals surface area contributed by atoms with Crippen LogP contribution in [-0.2, 0) is 0 Å². The number of nitrogen functional groups attached to an aromatic ring is 1. The Bertz CT molecular complexity index is 747. The summed E-state index contributed by atoms with van der Waals surface area (Å²) in [5, 5.41) is 11.3. The largest absolute Gasteiger partial charge is 0.398 e. The molecule has 21 heavy (non-hydrogen) atoms. The van der Waals surface area contributed by atoms with Crippen molar-refractivity contribution in [2.75, 3.05) is 5.73 Å². The fourth-order valence-corrected chi connectivity index (χ4v) is 1.94. The molecule has 0 fully saturated rings. The molecule has 0 aliphatic carbocycles. The average Bonchev–Trinajstić information content (AvgIpc) is 2.94. The molecule has 2 N–H and O–H groups in total. The van der Waals surface area contributed by atoms with E-state index in [4.69, 9.17) is 5.73 Å². The molecule has 0 saturated carbocycles. The first-order valence-corrected chi connectivity index (χ1v) is 6.16. The van der Waals surface area contributed by atoms with Crippen molar-refractivity contribution in [2.24, 2.45) is 0 Å². The van der Waals surface area contributed by atoms with Crippen molar-refractivity contribution >= 4 is 5.69 Å². The van der Waals surface area contributed by atoms with E-state index in [1.807, 2.05) is 19.1 Å². The number of hydrogen-bond acceptors (Lipinski definition) is 4. The fourth-order valence-electron chi connectivity index (χ4n) is 1.94. The minimum atomic E-state index is -0.961. The highest BCUT2D eigenvalue weighted by atomic mass is 19.2. The van der Waals surface area contributed by atoms with Gasteiger partial charge in [-0.25, -0.2) is 8.78 Å². The molecule has 2 aromatic carbocycles. The van der Waals surface area contributed by atoms with Crippen LogP contribution in [0, 0.1) is 18.6 Å². The van der Waals surface area contributed by atoms with Gasteiger partial charge in [0.15, 0.2) is 17.5 Å². The molecule has 3 aromatic rings. The Labute approximate surface area is 119 Å². The van der Waals surface area contributed by atoms with Gasteiger partial charge >= 0.3 is 0 Å². The number of anilines is 1. The quantitative estimate of drug-likeness (QED) is 0.735. The Morgan fingerprint density at radius 2 is 1.86 bits per heavy atom. The number of rotatable bonds is 2. The summed E-state index contributed by atoms with van der Waals surface area (Å²) < 4.78 is 27.7. The summed E-state index contributed by atoms with van der Waals surface area (Å²) in [5.41, 5.74) is 8.43. The predicted octanol–water partition coefficient (Wildman–Crippen LogP) is 2.50. The average molecular weight is 287 g/mol. The van der Waals surface area contributed by atoms with Gasteiger partial charge in [0, 0.05) is 17.3 Å². The second-order valence-electron chi connectivity index (χ2n) is 4.58. The predicted molar refractivity (Wildman–Crippen MR) is 73.7 cm³/mol. The van der Waals surface area contributed by atoms with Crippen molar-refractivity contribution in [1.82, 2.24) is 20.2 Å². The molecule has 0 saturated heterocycles. The summed E-state index contributed by atoms with van der Waals surface area (Å²) in [6.07, 6.45) is 0.